The predicted octanol–water partition coefficient (Wildman–Crippen LogP) is 3.84. The van der Waals surface area contributed by atoms with E-state index in [0.717, 1.165) is 11.3 Å². The van der Waals surface area contributed by atoms with Crippen LogP contribution in [0.25, 0.3) is 0 Å². The van der Waals surface area contributed by atoms with Gasteiger partial charge in [-0.05, 0) is 55.0 Å². The van der Waals surface area contributed by atoms with Crippen molar-refractivity contribution >= 4 is 28.9 Å². The molecule has 0 aliphatic rings. The van der Waals surface area contributed by atoms with Crippen molar-refractivity contribution in [3.63, 3.8) is 0 Å². The molecule has 2 rings (SSSR count). The molecule has 20 heavy (non-hydrogen) atoms. The van der Waals surface area contributed by atoms with E-state index in [1.807, 2.05) is 19.1 Å². The summed E-state index contributed by atoms with van der Waals surface area (Å²) in [6.07, 6.45) is 0. The summed E-state index contributed by atoms with van der Waals surface area (Å²) in [6.45, 7) is 2.03. The SMILES string of the molecule is Cc1cc(Cl)ccc1NCC(=O)Nc1ccc(F)cc1. The van der Waals surface area contributed by atoms with E-state index in [2.05, 4.69) is 10.6 Å². The largest absolute Gasteiger partial charge is 0.376 e. The summed E-state index contributed by atoms with van der Waals surface area (Å²) in [5.74, 6) is -0.538. The maximum Gasteiger partial charge on any atom is 0.243 e. The Morgan fingerprint density at radius 3 is 2.55 bits per heavy atom. The van der Waals surface area contributed by atoms with Gasteiger partial charge in [-0.2, -0.15) is 0 Å². The van der Waals surface area contributed by atoms with Gasteiger partial charge >= 0.3 is 0 Å². The van der Waals surface area contributed by atoms with Crippen LogP contribution in [0.5, 0.6) is 0 Å². The Balaban J connectivity index is 1.90. The Bertz CT molecular complexity index is 614. The molecule has 1 amide bonds. The number of halogens is 2. The summed E-state index contributed by atoms with van der Waals surface area (Å²) < 4.78 is 12.7. The van der Waals surface area contributed by atoms with Crippen LogP contribution in [0.15, 0.2) is 42.5 Å². The van der Waals surface area contributed by atoms with Crippen LogP contribution in [0.3, 0.4) is 0 Å². The first kappa shape index (κ1) is 14.3. The number of amides is 1. The van der Waals surface area contributed by atoms with Gasteiger partial charge in [-0.25, -0.2) is 4.39 Å². The Kier molecular flexibility index (Phi) is 4.58. The molecule has 104 valence electrons. The molecular formula is C15H14ClFN2O. The molecule has 0 aromatic heterocycles. The average Bonchev–Trinajstić information content (AvgIpc) is 2.40. The highest BCUT2D eigenvalue weighted by Gasteiger charge is 2.04. The first-order valence-electron chi connectivity index (χ1n) is 6.10. The minimum absolute atomic E-state index is 0.125. The number of carbonyl (C=O) groups is 1. The number of hydrogen-bond acceptors (Lipinski definition) is 2. The second-order valence-corrected chi connectivity index (χ2v) is 4.80. The summed E-state index contributed by atoms with van der Waals surface area (Å²) in [5.41, 5.74) is 2.38. The minimum atomic E-state index is -0.335. The molecule has 0 atom stereocenters. The highest BCUT2D eigenvalue weighted by atomic mass is 35.5. The van der Waals surface area contributed by atoms with Gasteiger partial charge in [0.2, 0.25) is 5.91 Å². The molecule has 0 unspecified atom stereocenters. The summed E-state index contributed by atoms with van der Waals surface area (Å²) in [4.78, 5) is 11.8. The van der Waals surface area contributed by atoms with Crippen LogP contribution in [0.2, 0.25) is 5.02 Å². The van der Waals surface area contributed by atoms with Gasteiger partial charge in [-0.1, -0.05) is 11.6 Å². The number of carbonyl (C=O) groups excluding carboxylic acids is 1. The molecule has 0 heterocycles. The van der Waals surface area contributed by atoms with Crippen molar-refractivity contribution in [2.24, 2.45) is 0 Å². The fourth-order valence-corrected chi connectivity index (χ4v) is 1.97. The number of hydrogen-bond donors (Lipinski definition) is 2. The van der Waals surface area contributed by atoms with Gasteiger partial charge in [0.25, 0.3) is 0 Å². The fourth-order valence-electron chi connectivity index (χ4n) is 1.74. The van der Waals surface area contributed by atoms with Gasteiger partial charge in [0.15, 0.2) is 0 Å². The third kappa shape index (κ3) is 3.96. The first-order valence-corrected chi connectivity index (χ1v) is 6.48. The molecule has 0 saturated carbocycles. The molecule has 0 aliphatic heterocycles. The molecule has 2 N–H and O–H groups in total. The van der Waals surface area contributed by atoms with Gasteiger partial charge < -0.3 is 10.6 Å². The van der Waals surface area contributed by atoms with Crippen LogP contribution in [-0.4, -0.2) is 12.5 Å². The van der Waals surface area contributed by atoms with Gasteiger partial charge in [0.1, 0.15) is 5.82 Å². The molecule has 0 bridgehead atoms. The molecule has 0 saturated heterocycles. The van der Waals surface area contributed by atoms with E-state index in [9.17, 15) is 9.18 Å². The Hall–Kier alpha value is -2.07. The van der Waals surface area contributed by atoms with Crippen LogP contribution < -0.4 is 10.6 Å². The number of nitrogens with one attached hydrogen (secondary N) is 2. The molecule has 2 aromatic rings. The normalized spacial score (nSPS) is 10.2. The topological polar surface area (TPSA) is 41.1 Å². The zero-order chi connectivity index (χ0) is 14.5. The second-order valence-electron chi connectivity index (χ2n) is 4.37. The van der Waals surface area contributed by atoms with Crippen molar-refractivity contribution in [3.8, 4) is 0 Å². The first-order chi connectivity index (χ1) is 9.54. The summed E-state index contributed by atoms with van der Waals surface area (Å²) in [5, 5.41) is 6.36. The summed E-state index contributed by atoms with van der Waals surface area (Å²) in [7, 11) is 0. The number of anilines is 2. The van der Waals surface area contributed by atoms with Crippen molar-refractivity contribution in [3.05, 3.63) is 58.9 Å². The number of aryl methyl sites for hydroxylation is 1. The average molecular weight is 293 g/mol. The van der Waals surface area contributed by atoms with E-state index in [1.54, 1.807) is 6.07 Å². The highest BCUT2D eigenvalue weighted by molar-refractivity contribution is 6.30. The van der Waals surface area contributed by atoms with Crippen LogP contribution in [0, 0.1) is 12.7 Å². The molecular weight excluding hydrogens is 279 g/mol. The fraction of sp³-hybridized carbons (Fsp3) is 0.133. The molecule has 3 nitrogen and oxygen atoms in total. The van der Waals surface area contributed by atoms with E-state index in [1.165, 1.54) is 24.3 Å². The lowest BCUT2D eigenvalue weighted by Gasteiger charge is -2.10. The highest BCUT2D eigenvalue weighted by Crippen LogP contribution is 2.19. The van der Waals surface area contributed by atoms with Crippen LogP contribution in [0.4, 0.5) is 15.8 Å². The Labute approximate surface area is 121 Å². The maximum absolute atomic E-state index is 12.7. The van der Waals surface area contributed by atoms with Crippen molar-refractivity contribution in [2.45, 2.75) is 6.92 Å². The van der Waals surface area contributed by atoms with Crippen LogP contribution >= 0.6 is 11.6 Å². The molecule has 0 radical (unpaired) electrons. The van der Waals surface area contributed by atoms with E-state index < -0.39 is 0 Å². The van der Waals surface area contributed by atoms with Crippen molar-refractivity contribution < 1.29 is 9.18 Å². The van der Waals surface area contributed by atoms with E-state index in [4.69, 9.17) is 11.6 Å². The summed E-state index contributed by atoms with van der Waals surface area (Å²) in [6, 6.07) is 11.0. The van der Waals surface area contributed by atoms with Crippen molar-refractivity contribution in [1.82, 2.24) is 0 Å². The zero-order valence-electron chi connectivity index (χ0n) is 10.9. The van der Waals surface area contributed by atoms with Crippen LogP contribution in [-0.2, 0) is 4.79 Å². The Morgan fingerprint density at radius 1 is 1.20 bits per heavy atom. The monoisotopic (exact) mass is 292 g/mol. The maximum atomic E-state index is 12.7. The van der Waals surface area contributed by atoms with Crippen molar-refractivity contribution in [1.29, 1.82) is 0 Å². The standard InChI is InChI=1S/C15H14ClFN2O/c1-10-8-11(16)2-7-14(10)18-9-15(20)19-13-5-3-12(17)4-6-13/h2-8,18H,9H2,1H3,(H,19,20). The van der Waals surface area contributed by atoms with E-state index >= 15 is 0 Å². The summed E-state index contributed by atoms with van der Waals surface area (Å²) >= 11 is 5.86. The minimum Gasteiger partial charge on any atom is -0.376 e. The lowest BCUT2D eigenvalue weighted by atomic mass is 10.2. The third-order valence-electron chi connectivity index (χ3n) is 2.76. The lowest BCUT2D eigenvalue weighted by molar-refractivity contribution is -0.114. The Morgan fingerprint density at radius 2 is 1.90 bits per heavy atom. The van der Waals surface area contributed by atoms with Gasteiger partial charge in [0, 0.05) is 16.4 Å². The molecule has 0 fully saturated rings. The van der Waals surface area contributed by atoms with E-state index in [-0.39, 0.29) is 18.3 Å². The second kappa shape index (κ2) is 6.39. The van der Waals surface area contributed by atoms with E-state index in [0.29, 0.717) is 10.7 Å². The zero-order valence-corrected chi connectivity index (χ0v) is 11.7. The van der Waals surface area contributed by atoms with Gasteiger partial charge in [0.05, 0.1) is 6.54 Å². The van der Waals surface area contributed by atoms with Crippen LogP contribution in [0.1, 0.15) is 5.56 Å². The third-order valence-corrected chi connectivity index (χ3v) is 2.99. The lowest BCUT2D eigenvalue weighted by Crippen LogP contribution is -2.22. The van der Waals surface area contributed by atoms with Gasteiger partial charge in [-0.3, -0.25) is 4.79 Å². The molecule has 2 aromatic carbocycles. The van der Waals surface area contributed by atoms with Crippen molar-refractivity contribution in [2.75, 3.05) is 17.2 Å². The number of benzene rings is 2. The quantitative estimate of drug-likeness (QED) is 0.899. The molecule has 0 spiro atoms. The predicted molar refractivity (Wildman–Crippen MR) is 79.7 cm³/mol. The number of rotatable bonds is 4. The van der Waals surface area contributed by atoms with Gasteiger partial charge in [-0.15, -0.1) is 0 Å². The smallest absolute Gasteiger partial charge is 0.243 e. The molecule has 0 aliphatic carbocycles. The molecule has 5 heteroatoms.